The van der Waals surface area contributed by atoms with Crippen LogP contribution in [0.25, 0.3) is 10.9 Å². The molecule has 0 fully saturated rings. The van der Waals surface area contributed by atoms with Crippen LogP contribution in [0.15, 0.2) is 30.7 Å². The second-order valence-corrected chi connectivity index (χ2v) is 3.98. The van der Waals surface area contributed by atoms with Crippen molar-refractivity contribution in [3.8, 4) is 0 Å². The van der Waals surface area contributed by atoms with Gasteiger partial charge < -0.3 is 10.2 Å². The maximum absolute atomic E-state index is 4.29. The zero-order valence-corrected chi connectivity index (χ0v) is 9.64. The number of nitrogens with one attached hydrogen (secondary N) is 1. The Balaban J connectivity index is 2.17. The Morgan fingerprint density at radius 1 is 1.25 bits per heavy atom. The van der Waals surface area contributed by atoms with Crippen LogP contribution in [0.3, 0.4) is 0 Å². The van der Waals surface area contributed by atoms with Crippen molar-refractivity contribution in [1.82, 2.24) is 14.9 Å². The lowest BCUT2D eigenvalue weighted by Gasteiger charge is -2.12. The summed E-state index contributed by atoms with van der Waals surface area (Å²) in [6.07, 6.45) is 5.43. The molecule has 0 saturated heterocycles. The standard InChI is InChI=1S/C12H16N4/c1-16(2)8-7-15-12-4-6-14-11-3-5-13-9-10(11)12/h3-6,9H,7-8H2,1-2H3,(H,14,15). The van der Waals surface area contributed by atoms with E-state index in [-0.39, 0.29) is 0 Å². The number of pyridine rings is 2. The Hall–Kier alpha value is -1.68. The minimum absolute atomic E-state index is 0.918. The van der Waals surface area contributed by atoms with Crippen LogP contribution < -0.4 is 5.32 Å². The molecule has 0 aromatic carbocycles. The minimum atomic E-state index is 0.918. The number of hydrogen-bond acceptors (Lipinski definition) is 4. The molecule has 84 valence electrons. The van der Waals surface area contributed by atoms with Crippen molar-refractivity contribution in [2.45, 2.75) is 0 Å². The summed E-state index contributed by atoms with van der Waals surface area (Å²) in [5.41, 5.74) is 2.07. The van der Waals surface area contributed by atoms with Crippen LogP contribution in [-0.4, -0.2) is 42.1 Å². The van der Waals surface area contributed by atoms with E-state index >= 15 is 0 Å². The fraction of sp³-hybridized carbons (Fsp3) is 0.333. The van der Waals surface area contributed by atoms with Gasteiger partial charge in [0.05, 0.1) is 5.52 Å². The SMILES string of the molecule is CN(C)CCNc1ccnc2ccncc12. The van der Waals surface area contributed by atoms with Crippen LogP contribution in [0.4, 0.5) is 5.69 Å². The smallest absolute Gasteiger partial charge is 0.0753 e. The van der Waals surface area contributed by atoms with E-state index in [0.29, 0.717) is 0 Å². The molecule has 0 unspecified atom stereocenters. The molecular weight excluding hydrogens is 200 g/mol. The second kappa shape index (κ2) is 4.90. The van der Waals surface area contributed by atoms with Crippen molar-refractivity contribution < 1.29 is 0 Å². The van der Waals surface area contributed by atoms with E-state index < -0.39 is 0 Å². The average Bonchev–Trinajstić information content (AvgIpc) is 2.29. The molecule has 2 aromatic rings. The fourth-order valence-electron chi connectivity index (χ4n) is 1.56. The van der Waals surface area contributed by atoms with Gasteiger partial charge >= 0.3 is 0 Å². The molecule has 0 aliphatic rings. The number of aromatic nitrogens is 2. The molecule has 2 rings (SSSR count). The number of hydrogen-bond donors (Lipinski definition) is 1. The van der Waals surface area contributed by atoms with Gasteiger partial charge in [-0.25, -0.2) is 0 Å². The second-order valence-electron chi connectivity index (χ2n) is 3.98. The zero-order chi connectivity index (χ0) is 11.4. The van der Waals surface area contributed by atoms with Crippen molar-refractivity contribution in [2.75, 3.05) is 32.5 Å². The topological polar surface area (TPSA) is 41.0 Å². The Bertz CT molecular complexity index is 462. The van der Waals surface area contributed by atoms with E-state index in [9.17, 15) is 0 Å². The van der Waals surface area contributed by atoms with E-state index in [1.807, 2.05) is 24.5 Å². The lowest BCUT2D eigenvalue weighted by Crippen LogP contribution is -2.20. The van der Waals surface area contributed by atoms with Gasteiger partial charge in [0.1, 0.15) is 0 Å². The first kappa shape index (κ1) is 10.8. The van der Waals surface area contributed by atoms with Crippen molar-refractivity contribution >= 4 is 16.6 Å². The summed E-state index contributed by atoms with van der Waals surface area (Å²) in [5.74, 6) is 0. The normalized spacial score (nSPS) is 10.9. The molecule has 0 saturated carbocycles. The van der Waals surface area contributed by atoms with E-state index in [1.54, 1.807) is 6.20 Å². The van der Waals surface area contributed by atoms with Gasteiger partial charge in [-0.15, -0.1) is 0 Å². The molecule has 0 aliphatic carbocycles. The quantitative estimate of drug-likeness (QED) is 0.843. The lowest BCUT2D eigenvalue weighted by molar-refractivity contribution is 0.425. The van der Waals surface area contributed by atoms with E-state index in [4.69, 9.17) is 0 Å². The van der Waals surface area contributed by atoms with Crippen molar-refractivity contribution in [3.63, 3.8) is 0 Å². The highest BCUT2D eigenvalue weighted by atomic mass is 15.1. The molecule has 4 heteroatoms. The van der Waals surface area contributed by atoms with Crippen molar-refractivity contribution in [3.05, 3.63) is 30.7 Å². The summed E-state index contributed by atoms with van der Waals surface area (Å²) in [4.78, 5) is 10.6. The number of rotatable bonds is 4. The lowest BCUT2D eigenvalue weighted by atomic mass is 10.2. The minimum Gasteiger partial charge on any atom is -0.383 e. The first-order chi connectivity index (χ1) is 7.77. The number of nitrogens with zero attached hydrogens (tertiary/aromatic N) is 3. The third kappa shape index (κ3) is 2.46. The molecule has 0 amide bonds. The highest BCUT2D eigenvalue weighted by Crippen LogP contribution is 2.19. The summed E-state index contributed by atoms with van der Waals surface area (Å²) in [7, 11) is 4.13. The van der Waals surface area contributed by atoms with Gasteiger partial charge in [-0.3, -0.25) is 9.97 Å². The van der Waals surface area contributed by atoms with Crippen LogP contribution in [0, 0.1) is 0 Å². The van der Waals surface area contributed by atoms with Gasteiger partial charge in [-0.05, 0) is 26.2 Å². The van der Waals surface area contributed by atoms with Crippen molar-refractivity contribution in [2.24, 2.45) is 0 Å². The third-order valence-corrected chi connectivity index (χ3v) is 2.42. The summed E-state index contributed by atoms with van der Waals surface area (Å²) >= 11 is 0. The molecule has 0 spiro atoms. The predicted octanol–water partition coefficient (Wildman–Crippen LogP) is 1.60. The summed E-state index contributed by atoms with van der Waals surface area (Å²) in [5, 5.41) is 4.47. The molecular formula is C12H16N4. The van der Waals surface area contributed by atoms with Crippen LogP contribution in [-0.2, 0) is 0 Å². The van der Waals surface area contributed by atoms with E-state index in [1.165, 1.54) is 0 Å². The Labute approximate surface area is 95.3 Å². The largest absolute Gasteiger partial charge is 0.383 e. The van der Waals surface area contributed by atoms with Gasteiger partial charge in [0, 0.05) is 42.8 Å². The maximum Gasteiger partial charge on any atom is 0.0753 e. The molecule has 0 radical (unpaired) electrons. The van der Waals surface area contributed by atoms with Gasteiger partial charge in [0.15, 0.2) is 0 Å². The summed E-state index contributed by atoms with van der Waals surface area (Å²) in [6, 6.07) is 3.91. The number of fused-ring (bicyclic) bond motifs is 1. The van der Waals surface area contributed by atoms with Gasteiger partial charge in [-0.2, -0.15) is 0 Å². The molecule has 0 aliphatic heterocycles. The first-order valence-corrected chi connectivity index (χ1v) is 5.35. The van der Waals surface area contributed by atoms with Crippen LogP contribution in [0.2, 0.25) is 0 Å². The predicted molar refractivity (Wildman–Crippen MR) is 66.6 cm³/mol. The monoisotopic (exact) mass is 216 g/mol. The third-order valence-electron chi connectivity index (χ3n) is 2.42. The zero-order valence-electron chi connectivity index (χ0n) is 9.64. The number of likely N-dealkylation sites (N-methyl/N-ethyl adjacent to an activating group) is 1. The molecule has 16 heavy (non-hydrogen) atoms. The highest BCUT2D eigenvalue weighted by Gasteiger charge is 2.00. The Kier molecular flexibility index (Phi) is 3.31. The summed E-state index contributed by atoms with van der Waals surface area (Å²) < 4.78 is 0. The van der Waals surface area contributed by atoms with Gasteiger partial charge in [-0.1, -0.05) is 0 Å². The van der Waals surface area contributed by atoms with Crippen LogP contribution in [0.1, 0.15) is 0 Å². The Morgan fingerprint density at radius 3 is 2.94 bits per heavy atom. The molecule has 0 atom stereocenters. The maximum atomic E-state index is 4.29. The van der Waals surface area contributed by atoms with Crippen LogP contribution in [0.5, 0.6) is 0 Å². The van der Waals surface area contributed by atoms with Crippen molar-refractivity contribution in [1.29, 1.82) is 0 Å². The van der Waals surface area contributed by atoms with E-state index in [0.717, 1.165) is 29.7 Å². The average molecular weight is 216 g/mol. The molecule has 4 nitrogen and oxygen atoms in total. The fourth-order valence-corrected chi connectivity index (χ4v) is 1.56. The molecule has 0 bridgehead atoms. The molecule has 2 aromatic heterocycles. The van der Waals surface area contributed by atoms with Gasteiger partial charge in [0.25, 0.3) is 0 Å². The molecule has 1 N–H and O–H groups in total. The van der Waals surface area contributed by atoms with Crippen LogP contribution >= 0.6 is 0 Å². The molecule has 2 heterocycles. The number of anilines is 1. The first-order valence-electron chi connectivity index (χ1n) is 5.35. The summed E-state index contributed by atoms with van der Waals surface area (Å²) in [6.45, 7) is 1.92. The van der Waals surface area contributed by atoms with E-state index in [2.05, 4.69) is 34.3 Å². The Morgan fingerprint density at radius 2 is 2.12 bits per heavy atom. The van der Waals surface area contributed by atoms with Gasteiger partial charge in [0.2, 0.25) is 0 Å². The highest BCUT2D eigenvalue weighted by molar-refractivity contribution is 5.89.